The van der Waals surface area contributed by atoms with Crippen LogP contribution >= 0.6 is 0 Å². The Morgan fingerprint density at radius 3 is 2.25 bits per heavy atom. The van der Waals surface area contributed by atoms with E-state index in [0.29, 0.717) is 11.2 Å². The predicted octanol–water partition coefficient (Wildman–Crippen LogP) is 4.33. The van der Waals surface area contributed by atoms with Gasteiger partial charge in [0, 0.05) is 11.6 Å². The third-order valence-electron chi connectivity index (χ3n) is 3.91. The standard InChI is InChI=1S/C19H20N2O2S/c1-19(2,3)15-9-11-16(12-10-15)24(22,23)21-17-8-4-6-14-7-5-13-20-18(14)17/h4-13,21H,1-3H3. The van der Waals surface area contributed by atoms with E-state index in [-0.39, 0.29) is 10.3 Å². The van der Waals surface area contributed by atoms with Gasteiger partial charge >= 0.3 is 0 Å². The summed E-state index contributed by atoms with van der Waals surface area (Å²) < 4.78 is 28.0. The maximum Gasteiger partial charge on any atom is 0.261 e. The van der Waals surface area contributed by atoms with Crippen molar-refractivity contribution < 1.29 is 8.42 Å². The molecule has 0 aliphatic carbocycles. The smallest absolute Gasteiger partial charge is 0.261 e. The molecular formula is C19H20N2O2S. The second kappa shape index (κ2) is 5.91. The number of rotatable bonds is 3. The molecule has 5 heteroatoms. The molecule has 4 nitrogen and oxygen atoms in total. The van der Waals surface area contributed by atoms with E-state index in [0.717, 1.165) is 10.9 Å². The van der Waals surface area contributed by atoms with Crippen LogP contribution in [-0.2, 0) is 15.4 Å². The Bertz CT molecular complexity index is 967. The third kappa shape index (κ3) is 3.26. The lowest BCUT2D eigenvalue weighted by atomic mass is 9.87. The predicted molar refractivity (Wildman–Crippen MR) is 97.7 cm³/mol. The summed E-state index contributed by atoms with van der Waals surface area (Å²) in [5.74, 6) is 0. The van der Waals surface area contributed by atoms with E-state index in [1.54, 1.807) is 24.4 Å². The average molecular weight is 340 g/mol. The fourth-order valence-electron chi connectivity index (χ4n) is 2.52. The molecule has 0 radical (unpaired) electrons. The van der Waals surface area contributed by atoms with Crippen molar-refractivity contribution in [3.05, 3.63) is 66.4 Å². The number of pyridine rings is 1. The van der Waals surface area contributed by atoms with Crippen LogP contribution in [0.2, 0.25) is 0 Å². The van der Waals surface area contributed by atoms with Crippen molar-refractivity contribution in [1.29, 1.82) is 0 Å². The lowest BCUT2D eigenvalue weighted by Crippen LogP contribution is -2.15. The van der Waals surface area contributed by atoms with Gasteiger partial charge in [-0.15, -0.1) is 0 Å². The molecule has 24 heavy (non-hydrogen) atoms. The second-order valence-electron chi connectivity index (χ2n) is 6.76. The van der Waals surface area contributed by atoms with Gasteiger partial charge in [-0.25, -0.2) is 8.42 Å². The monoisotopic (exact) mass is 340 g/mol. The van der Waals surface area contributed by atoms with Gasteiger partial charge in [0.15, 0.2) is 0 Å². The number of anilines is 1. The summed E-state index contributed by atoms with van der Waals surface area (Å²) in [5.41, 5.74) is 2.19. The Kier molecular flexibility index (Phi) is 4.05. The van der Waals surface area contributed by atoms with Gasteiger partial charge in [-0.3, -0.25) is 9.71 Å². The van der Waals surface area contributed by atoms with Crippen LogP contribution < -0.4 is 4.72 Å². The summed E-state index contributed by atoms with van der Waals surface area (Å²) in [4.78, 5) is 4.52. The summed E-state index contributed by atoms with van der Waals surface area (Å²) in [6.07, 6.45) is 1.65. The van der Waals surface area contributed by atoms with Gasteiger partial charge < -0.3 is 0 Å². The molecule has 124 valence electrons. The first-order valence-corrected chi connectivity index (χ1v) is 9.23. The molecule has 0 saturated heterocycles. The molecule has 0 aliphatic heterocycles. The number of hydrogen-bond donors (Lipinski definition) is 1. The number of fused-ring (bicyclic) bond motifs is 1. The molecule has 0 aliphatic rings. The van der Waals surface area contributed by atoms with E-state index >= 15 is 0 Å². The minimum atomic E-state index is -3.66. The molecule has 3 aromatic rings. The zero-order valence-electron chi connectivity index (χ0n) is 13.9. The fraction of sp³-hybridized carbons (Fsp3) is 0.211. The van der Waals surface area contributed by atoms with Crippen molar-refractivity contribution in [2.75, 3.05) is 4.72 Å². The Morgan fingerprint density at radius 1 is 0.917 bits per heavy atom. The molecule has 0 spiro atoms. The molecular weight excluding hydrogens is 320 g/mol. The fourth-order valence-corrected chi connectivity index (χ4v) is 3.59. The molecule has 0 unspecified atom stereocenters. The number of para-hydroxylation sites is 1. The lowest BCUT2D eigenvalue weighted by molar-refractivity contribution is 0.587. The molecule has 1 N–H and O–H groups in total. The highest BCUT2D eigenvalue weighted by molar-refractivity contribution is 7.92. The molecule has 0 saturated carbocycles. The number of nitrogens with one attached hydrogen (secondary N) is 1. The van der Waals surface area contributed by atoms with Gasteiger partial charge in [-0.2, -0.15) is 0 Å². The molecule has 0 atom stereocenters. The van der Waals surface area contributed by atoms with E-state index in [2.05, 4.69) is 30.5 Å². The minimum absolute atomic E-state index is 0.0186. The van der Waals surface area contributed by atoms with Crippen molar-refractivity contribution >= 4 is 26.6 Å². The lowest BCUT2D eigenvalue weighted by Gasteiger charge is -2.19. The van der Waals surface area contributed by atoms with Crippen LogP contribution in [0.4, 0.5) is 5.69 Å². The van der Waals surface area contributed by atoms with Crippen molar-refractivity contribution in [3.63, 3.8) is 0 Å². The Hall–Kier alpha value is -2.40. The molecule has 0 fully saturated rings. The zero-order valence-corrected chi connectivity index (χ0v) is 14.8. The summed E-state index contributed by atoms with van der Waals surface area (Å²) in [6.45, 7) is 6.28. The average Bonchev–Trinajstić information content (AvgIpc) is 2.54. The number of benzene rings is 2. The first-order chi connectivity index (χ1) is 11.3. The van der Waals surface area contributed by atoms with Crippen LogP contribution in [0.1, 0.15) is 26.3 Å². The number of sulfonamides is 1. The Morgan fingerprint density at radius 2 is 1.58 bits per heavy atom. The second-order valence-corrected chi connectivity index (χ2v) is 8.44. The summed E-state index contributed by atoms with van der Waals surface area (Å²) >= 11 is 0. The molecule has 3 rings (SSSR count). The first-order valence-electron chi connectivity index (χ1n) is 7.74. The van der Waals surface area contributed by atoms with E-state index < -0.39 is 10.0 Å². The summed E-state index contributed by atoms with van der Waals surface area (Å²) in [5, 5.41) is 0.890. The highest BCUT2D eigenvalue weighted by Crippen LogP contribution is 2.26. The van der Waals surface area contributed by atoms with E-state index in [1.807, 2.05) is 36.4 Å². The zero-order chi connectivity index (χ0) is 17.4. The van der Waals surface area contributed by atoms with Gasteiger partial charge in [-0.05, 0) is 35.2 Å². The van der Waals surface area contributed by atoms with Gasteiger partial charge in [0.2, 0.25) is 0 Å². The number of aromatic nitrogens is 1. The summed E-state index contributed by atoms with van der Waals surface area (Å²) in [7, 11) is -3.66. The van der Waals surface area contributed by atoms with Gasteiger partial charge in [0.05, 0.1) is 16.1 Å². The highest BCUT2D eigenvalue weighted by atomic mass is 32.2. The Labute approximate surface area is 142 Å². The van der Waals surface area contributed by atoms with E-state index in [9.17, 15) is 8.42 Å². The van der Waals surface area contributed by atoms with E-state index in [1.165, 1.54) is 0 Å². The molecule has 0 amide bonds. The first kappa shape index (κ1) is 16.5. The van der Waals surface area contributed by atoms with Crippen molar-refractivity contribution in [2.45, 2.75) is 31.1 Å². The summed E-state index contributed by atoms with van der Waals surface area (Å²) in [6, 6.07) is 16.2. The SMILES string of the molecule is CC(C)(C)c1ccc(S(=O)(=O)Nc2cccc3cccnc23)cc1. The topological polar surface area (TPSA) is 59.1 Å². The maximum atomic E-state index is 12.7. The van der Waals surface area contributed by atoms with Crippen molar-refractivity contribution in [2.24, 2.45) is 0 Å². The van der Waals surface area contributed by atoms with E-state index in [4.69, 9.17) is 0 Å². The molecule has 2 aromatic carbocycles. The van der Waals surface area contributed by atoms with Crippen LogP contribution in [0.25, 0.3) is 10.9 Å². The minimum Gasteiger partial charge on any atom is -0.277 e. The largest absolute Gasteiger partial charge is 0.277 e. The number of nitrogens with zero attached hydrogens (tertiary/aromatic N) is 1. The molecule has 0 bridgehead atoms. The number of hydrogen-bond acceptors (Lipinski definition) is 3. The third-order valence-corrected chi connectivity index (χ3v) is 5.29. The van der Waals surface area contributed by atoms with Crippen LogP contribution in [0.3, 0.4) is 0 Å². The van der Waals surface area contributed by atoms with Crippen molar-refractivity contribution in [3.8, 4) is 0 Å². The normalized spacial score (nSPS) is 12.3. The van der Waals surface area contributed by atoms with Crippen LogP contribution in [-0.4, -0.2) is 13.4 Å². The van der Waals surface area contributed by atoms with Crippen molar-refractivity contribution in [1.82, 2.24) is 4.98 Å². The highest BCUT2D eigenvalue weighted by Gasteiger charge is 2.18. The van der Waals surface area contributed by atoms with Gasteiger partial charge in [0.1, 0.15) is 0 Å². The quantitative estimate of drug-likeness (QED) is 0.772. The van der Waals surface area contributed by atoms with Gasteiger partial charge in [-0.1, -0.05) is 51.1 Å². The van der Waals surface area contributed by atoms with Crippen LogP contribution in [0.15, 0.2) is 65.7 Å². The maximum absolute atomic E-state index is 12.7. The Balaban J connectivity index is 1.96. The van der Waals surface area contributed by atoms with Crippen LogP contribution in [0.5, 0.6) is 0 Å². The van der Waals surface area contributed by atoms with Gasteiger partial charge in [0.25, 0.3) is 10.0 Å². The molecule has 1 heterocycles. The van der Waals surface area contributed by atoms with Crippen LogP contribution in [0, 0.1) is 0 Å². The molecule has 1 aromatic heterocycles.